The number of carbonyl (C=O) groups is 1. The summed E-state index contributed by atoms with van der Waals surface area (Å²) in [6.07, 6.45) is 1.35. The highest BCUT2D eigenvalue weighted by molar-refractivity contribution is 5.98. The van der Waals surface area contributed by atoms with Crippen LogP contribution in [0.1, 0.15) is 28.8 Å². The van der Waals surface area contributed by atoms with Gasteiger partial charge in [-0.25, -0.2) is 13.2 Å². The largest absolute Gasteiger partial charge is 0.497 e. The number of carbonyl (C=O) groups excluding carboxylic acids is 1. The van der Waals surface area contributed by atoms with E-state index in [1.807, 2.05) is 4.90 Å². The van der Waals surface area contributed by atoms with Crippen LogP contribution in [0.5, 0.6) is 5.75 Å². The van der Waals surface area contributed by atoms with Gasteiger partial charge in [-0.2, -0.15) is 0 Å². The summed E-state index contributed by atoms with van der Waals surface area (Å²) in [5, 5.41) is 0. The second kappa shape index (κ2) is 7.91. The number of benzene rings is 2. The summed E-state index contributed by atoms with van der Waals surface area (Å²) in [5.74, 6) is -2.10. The Morgan fingerprint density at radius 2 is 1.96 bits per heavy atom. The molecule has 3 rings (SSSR count). The minimum absolute atomic E-state index is 0.215. The molecule has 1 aliphatic heterocycles. The van der Waals surface area contributed by atoms with E-state index >= 15 is 0 Å². The number of hydrogen-bond donors (Lipinski definition) is 0. The molecule has 0 saturated carbocycles. The second-order valence-electron chi connectivity index (χ2n) is 6.52. The molecule has 0 spiro atoms. The summed E-state index contributed by atoms with van der Waals surface area (Å²) < 4.78 is 46.4. The van der Waals surface area contributed by atoms with E-state index < -0.39 is 23.3 Å². The lowest BCUT2D eigenvalue weighted by atomic mass is 9.89. The number of methoxy groups -OCH3 is 1. The molecule has 2 aromatic carbocycles. The number of rotatable bonds is 5. The fraction of sp³-hybridized carbons (Fsp3) is 0.350. The minimum atomic E-state index is -0.713. The standard InChI is InChI=1S/C20H20F3NO2/c1-26-16-6-4-13(19(23)10-16)11-24-8-2-3-14(12-24)20(25)17-9-15(21)5-7-18(17)22/h4-7,9-10,14H,2-3,8,11-12H2,1H3. The second-order valence-corrected chi connectivity index (χ2v) is 6.52. The molecule has 0 aliphatic carbocycles. The SMILES string of the molecule is COc1ccc(CN2CCCC(C(=O)c3cc(F)ccc3F)C2)c(F)c1. The molecule has 1 unspecified atom stereocenters. The number of ether oxygens (including phenoxy) is 1. The molecule has 0 aromatic heterocycles. The predicted molar refractivity (Wildman–Crippen MR) is 91.6 cm³/mol. The van der Waals surface area contributed by atoms with Gasteiger partial charge in [-0.15, -0.1) is 0 Å². The number of ketones is 1. The summed E-state index contributed by atoms with van der Waals surface area (Å²) >= 11 is 0. The third kappa shape index (κ3) is 4.07. The summed E-state index contributed by atoms with van der Waals surface area (Å²) in [6.45, 7) is 1.46. The molecular formula is C20H20F3NO2. The highest BCUT2D eigenvalue weighted by Gasteiger charge is 2.28. The molecule has 138 valence electrons. The normalized spacial score (nSPS) is 17.9. The summed E-state index contributed by atoms with van der Waals surface area (Å²) in [4.78, 5) is 14.6. The van der Waals surface area contributed by atoms with Crippen LogP contribution in [0.3, 0.4) is 0 Å². The first-order chi connectivity index (χ1) is 12.5. The maximum absolute atomic E-state index is 14.1. The molecule has 1 aliphatic rings. The third-order valence-electron chi connectivity index (χ3n) is 4.72. The van der Waals surface area contributed by atoms with Gasteiger partial charge in [0.25, 0.3) is 0 Å². The molecule has 1 fully saturated rings. The average Bonchev–Trinajstić information content (AvgIpc) is 2.65. The Labute approximate surface area is 150 Å². The van der Waals surface area contributed by atoms with E-state index in [0.717, 1.165) is 31.2 Å². The highest BCUT2D eigenvalue weighted by atomic mass is 19.1. The van der Waals surface area contributed by atoms with Gasteiger partial charge < -0.3 is 4.74 Å². The number of Topliss-reactive ketones (excluding diaryl/α,β-unsaturated/α-hetero) is 1. The maximum Gasteiger partial charge on any atom is 0.170 e. The van der Waals surface area contributed by atoms with Gasteiger partial charge in [0.2, 0.25) is 0 Å². The van der Waals surface area contributed by atoms with Crippen molar-refractivity contribution in [3.05, 3.63) is 65.0 Å². The average molecular weight is 363 g/mol. The van der Waals surface area contributed by atoms with Crippen LogP contribution in [0.4, 0.5) is 13.2 Å². The van der Waals surface area contributed by atoms with E-state index in [1.165, 1.54) is 13.2 Å². The van der Waals surface area contributed by atoms with Crippen LogP contribution >= 0.6 is 0 Å². The molecule has 3 nitrogen and oxygen atoms in total. The van der Waals surface area contributed by atoms with Crippen molar-refractivity contribution in [1.29, 1.82) is 0 Å². The molecule has 0 N–H and O–H groups in total. The maximum atomic E-state index is 14.1. The van der Waals surface area contributed by atoms with E-state index in [1.54, 1.807) is 12.1 Å². The fourth-order valence-electron chi connectivity index (χ4n) is 3.34. The molecule has 1 heterocycles. The predicted octanol–water partition coefficient (Wildman–Crippen LogP) is 4.21. The Balaban J connectivity index is 1.71. The lowest BCUT2D eigenvalue weighted by molar-refractivity contribution is 0.0806. The van der Waals surface area contributed by atoms with Gasteiger partial charge in [0.1, 0.15) is 23.2 Å². The Morgan fingerprint density at radius 1 is 1.15 bits per heavy atom. The Bertz CT molecular complexity index is 810. The van der Waals surface area contributed by atoms with Gasteiger partial charge in [0.05, 0.1) is 12.7 Å². The van der Waals surface area contributed by atoms with Crippen LogP contribution in [0.15, 0.2) is 36.4 Å². The summed E-state index contributed by atoms with van der Waals surface area (Å²) in [7, 11) is 1.47. The van der Waals surface area contributed by atoms with Gasteiger partial charge in [0, 0.05) is 30.6 Å². The molecule has 1 saturated heterocycles. The van der Waals surface area contributed by atoms with Crippen molar-refractivity contribution in [1.82, 2.24) is 4.90 Å². The zero-order valence-electron chi connectivity index (χ0n) is 14.5. The van der Waals surface area contributed by atoms with Gasteiger partial charge in [-0.05, 0) is 43.7 Å². The van der Waals surface area contributed by atoms with Crippen LogP contribution in [0.25, 0.3) is 0 Å². The zero-order chi connectivity index (χ0) is 18.7. The molecule has 0 radical (unpaired) electrons. The lowest BCUT2D eigenvalue weighted by Gasteiger charge is -2.32. The van der Waals surface area contributed by atoms with Crippen LogP contribution in [-0.2, 0) is 6.54 Å². The Hall–Kier alpha value is -2.34. The van der Waals surface area contributed by atoms with Crippen molar-refractivity contribution >= 4 is 5.78 Å². The van der Waals surface area contributed by atoms with Crippen LogP contribution in [0.2, 0.25) is 0 Å². The van der Waals surface area contributed by atoms with Crippen molar-refractivity contribution in [3.8, 4) is 5.75 Å². The molecule has 1 atom stereocenters. The number of hydrogen-bond acceptors (Lipinski definition) is 3. The highest BCUT2D eigenvalue weighted by Crippen LogP contribution is 2.25. The van der Waals surface area contributed by atoms with E-state index in [4.69, 9.17) is 4.74 Å². The molecular weight excluding hydrogens is 343 g/mol. The van der Waals surface area contributed by atoms with Crippen LogP contribution < -0.4 is 4.74 Å². The monoisotopic (exact) mass is 363 g/mol. The molecule has 0 bridgehead atoms. The van der Waals surface area contributed by atoms with E-state index in [0.29, 0.717) is 30.8 Å². The quantitative estimate of drug-likeness (QED) is 0.746. The molecule has 0 amide bonds. The number of nitrogens with zero attached hydrogens (tertiary/aromatic N) is 1. The molecule has 26 heavy (non-hydrogen) atoms. The van der Waals surface area contributed by atoms with E-state index in [-0.39, 0.29) is 11.4 Å². The van der Waals surface area contributed by atoms with Gasteiger partial charge >= 0.3 is 0 Å². The van der Waals surface area contributed by atoms with Crippen LogP contribution in [-0.4, -0.2) is 30.9 Å². The summed E-state index contributed by atoms with van der Waals surface area (Å²) in [6, 6.07) is 7.57. The van der Waals surface area contributed by atoms with Gasteiger partial charge in [-0.1, -0.05) is 6.07 Å². The fourth-order valence-corrected chi connectivity index (χ4v) is 3.34. The minimum Gasteiger partial charge on any atom is -0.497 e. The molecule has 6 heteroatoms. The number of piperidine rings is 1. The van der Waals surface area contributed by atoms with E-state index in [2.05, 4.69) is 0 Å². The van der Waals surface area contributed by atoms with Gasteiger partial charge in [-0.3, -0.25) is 9.69 Å². The lowest BCUT2D eigenvalue weighted by Crippen LogP contribution is -2.38. The Kier molecular flexibility index (Phi) is 5.61. The van der Waals surface area contributed by atoms with Crippen molar-refractivity contribution in [3.63, 3.8) is 0 Å². The first-order valence-corrected chi connectivity index (χ1v) is 8.52. The first kappa shape index (κ1) is 18.5. The summed E-state index contributed by atoms with van der Waals surface area (Å²) in [5.41, 5.74) is 0.295. The van der Waals surface area contributed by atoms with Crippen molar-refractivity contribution in [2.45, 2.75) is 19.4 Å². The topological polar surface area (TPSA) is 29.5 Å². The van der Waals surface area contributed by atoms with Crippen molar-refractivity contribution in [2.24, 2.45) is 5.92 Å². The van der Waals surface area contributed by atoms with E-state index in [9.17, 15) is 18.0 Å². The molecule has 2 aromatic rings. The van der Waals surface area contributed by atoms with Crippen molar-refractivity contribution < 1.29 is 22.7 Å². The smallest absolute Gasteiger partial charge is 0.170 e. The number of likely N-dealkylation sites (tertiary alicyclic amines) is 1. The van der Waals surface area contributed by atoms with Crippen LogP contribution in [0, 0.1) is 23.4 Å². The zero-order valence-corrected chi connectivity index (χ0v) is 14.5. The number of halogens is 3. The Morgan fingerprint density at radius 3 is 2.69 bits per heavy atom. The third-order valence-corrected chi connectivity index (χ3v) is 4.72. The first-order valence-electron chi connectivity index (χ1n) is 8.52. The van der Waals surface area contributed by atoms with Crippen molar-refractivity contribution in [2.75, 3.05) is 20.2 Å². The van der Waals surface area contributed by atoms with Gasteiger partial charge in [0.15, 0.2) is 5.78 Å².